The normalized spacial score (nSPS) is 15.3. The molecule has 0 heterocycles. The average Bonchev–Trinajstić information content (AvgIpc) is 2.77. The maximum atomic E-state index is 13.1. The lowest BCUT2D eigenvalue weighted by Gasteiger charge is -2.21. The Hall–Kier alpha value is -2.95. The van der Waals surface area contributed by atoms with Crippen LogP contribution in [0.15, 0.2) is 48.5 Å². The molecule has 0 aliphatic heterocycles. The van der Waals surface area contributed by atoms with Gasteiger partial charge in [-0.2, -0.15) is 0 Å². The summed E-state index contributed by atoms with van der Waals surface area (Å²) in [5.74, 6) is -1.05. The standard InChI is InChI=1S/C25H29NO4/c1-17-8-12-19(13-9-17)23(28)24(20-14-10-18(2)11-15-20)30-22(27)16-26-25(29)21-6-4-3-5-7-21/h8-15,21,24H,3-7,16H2,1-2H3,(H,26,29)/t24-/m0/s1. The minimum Gasteiger partial charge on any atom is -0.448 e. The van der Waals surface area contributed by atoms with Gasteiger partial charge in [0.15, 0.2) is 6.10 Å². The van der Waals surface area contributed by atoms with Gasteiger partial charge in [-0.15, -0.1) is 0 Å². The summed E-state index contributed by atoms with van der Waals surface area (Å²) in [6.45, 7) is 3.66. The smallest absolute Gasteiger partial charge is 0.326 e. The zero-order valence-electron chi connectivity index (χ0n) is 17.6. The number of ketones is 1. The van der Waals surface area contributed by atoms with Crippen LogP contribution in [0, 0.1) is 19.8 Å². The number of Topliss-reactive ketones (excluding diaryl/α,β-unsaturated/α-hetero) is 1. The SMILES string of the molecule is Cc1ccc(C(=O)[C@@H](OC(=O)CNC(=O)C2CCCCC2)c2ccc(C)cc2)cc1. The lowest BCUT2D eigenvalue weighted by molar-refractivity contribution is -0.147. The Morgan fingerprint density at radius 3 is 2.07 bits per heavy atom. The predicted octanol–water partition coefficient (Wildman–Crippen LogP) is 4.47. The molecule has 1 fully saturated rings. The molecule has 0 saturated heterocycles. The molecule has 0 bridgehead atoms. The largest absolute Gasteiger partial charge is 0.448 e. The number of benzene rings is 2. The van der Waals surface area contributed by atoms with Crippen molar-refractivity contribution in [3.05, 3.63) is 70.8 Å². The highest BCUT2D eigenvalue weighted by atomic mass is 16.5. The second kappa shape index (κ2) is 10.2. The molecule has 5 heteroatoms. The number of rotatable bonds is 7. The molecule has 0 unspecified atom stereocenters. The van der Waals surface area contributed by atoms with Crippen LogP contribution in [0.2, 0.25) is 0 Å². The topological polar surface area (TPSA) is 72.5 Å². The van der Waals surface area contributed by atoms with Crippen molar-refractivity contribution in [2.24, 2.45) is 5.92 Å². The number of esters is 1. The Kier molecular flexibility index (Phi) is 7.39. The van der Waals surface area contributed by atoms with Crippen LogP contribution in [0.5, 0.6) is 0 Å². The van der Waals surface area contributed by atoms with E-state index in [9.17, 15) is 14.4 Å². The summed E-state index contributed by atoms with van der Waals surface area (Å²) >= 11 is 0. The van der Waals surface area contributed by atoms with Crippen molar-refractivity contribution in [3.8, 4) is 0 Å². The molecular weight excluding hydrogens is 378 g/mol. The quantitative estimate of drug-likeness (QED) is 0.543. The first-order valence-electron chi connectivity index (χ1n) is 10.6. The van der Waals surface area contributed by atoms with Crippen molar-refractivity contribution >= 4 is 17.7 Å². The molecule has 3 rings (SSSR count). The molecule has 2 aromatic carbocycles. The van der Waals surface area contributed by atoms with E-state index < -0.39 is 12.1 Å². The molecule has 158 valence electrons. The Morgan fingerprint density at radius 2 is 1.47 bits per heavy atom. The minimum atomic E-state index is -1.05. The van der Waals surface area contributed by atoms with Gasteiger partial charge in [0.1, 0.15) is 6.54 Å². The Balaban J connectivity index is 1.69. The van der Waals surface area contributed by atoms with Crippen LogP contribution in [0.25, 0.3) is 0 Å². The lowest BCUT2D eigenvalue weighted by atomic mass is 9.89. The van der Waals surface area contributed by atoms with Gasteiger partial charge < -0.3 is 10.1 Å². The third kappa shape index (κ3) is 5.78. The van der Waals surface area contributed by atoms with E-state index in [0.717, 1.165) is 43.2 Å². The van der Waals surface area contributed by atoms with Gasteiger partial charge in [0, 0.05) is 17.0 Å². The summed E-state index contributed by atoms with van der Waals surface area (Å²) in [4.78, 5) is 37.9. The first-order chi connectivity index (χ1) is 14.4. The van der Waals surface area contributed by atoms with Crippen LogP contribution in [0.1, 0.15) is 65.3 Å². The average molecular weight is 408 g/mol. The number of ether oxygens (including phenoxy) is 1. The Morgan fingerprint density at radius 1 is 0.900 bits per heavy atom. The summed E-state index contributed by atoms with van der Waals surface area (Å²) in [6, 6.07) is 14.5. The molecule has 1 atom stereocenters. The van der Waals surface area contributed by atoms with Crippen LogP contribution >= 0.6 is 0 Å². The number of hydrogen-bond donors (Lipinski definition) is 1. The summed E-state index contributed by atoms with van der Waals surface area (Å²) < 4.78 is 5.56. The zero-order valence-corrected chi connectivity index (χ0v) is 17.6. The van der Waals surface area contributed by atoms with E-state index in [-0.39, 0.29) is 24.2 Å². The zero-order chi connectivity index (χ0) is 21.5. The Labute approximate surface area is 177 Å². The summed E-state index contributed by atoms with van der Waals surface area (Å²) in [5.41, 5.74) is 3.18. The maximum Gasteiger partial charge on any atom is 0.326 e. The van der Waals surface area contributed by atoms with Gasteiger partial charge >= 0.3 is 5.97 Å². The number of aryl methyl sites for hydroxylation is 2. The molecule has 5 nitrogen and oxygen atoms in total. The van der Waals surface area contributed by atoms with E-state index >= 15 is 0 Å². The van der Waals surface area contributed by atoms with Crippen LogP contribution in [-0.2, 0) is 14.3 Å². The van der Waals surface area contributed by atoms with Crippen LogP contribution < -0.4 is 5.32 Å². The molecule has 2 aromatic rings. The first-order valence-corrected chi connectivity index (χ1v) is 10.6. The summed E-state index contributed by atoms with van der Waals surface area (Å²) in [7, 11) is 0. The van der Waals surface area contributed by atoms with E-state index in [1.807, 2.05) is 38.1 Å². The number of nitrogens with one attached hydrogen (secondary N) is 1. The van der Waals surface area contributed by atoms with E-state index in [1.165, 1.54) is 0 Å². The van der Waals surface area contributed by atoms with Crippen LogP contribution in [-0.4, -0.2) is 24.2 Å². The second-order valence-electron chi connectivity index (χ2n) is 8.06. The number of carbonyl (C=O) groups excluding carboxylic acids is 3. The maximum absolute atomic E-state index is 13.1. The van der Waals surface area contributed by atoms with Gasteiger partial charge in [-0.05, 0) is 26.7 Å². The molecule has 1 aliphatic carbocycles. The third-order valence-electron chi connectivity index (χ3n) is 5.59. The fourth-order valence-corrected chi connectivity index (χ4v) is 3.72. The van der Waals surface area contributed by atoms with Gasteiger partial charge in [0.2, 0.25) is 11.7 Å². The van der Waals surface area contributed by atoms with Crippen LogP contribution in [0.3, 0.4) is 0 Å². The highest BCUT2D eigenvalue weighted by Crippen LogP contribution is 2.25. The van der Waals surface area contributed by atoms with Gasteiger partial charge in [0.05, 0.1) is 0 Å². The van der Waals surface area contributed by atoms with E-state index in [0.29, 0.717) is 11.1 Å². The van der Waals surface area contributed by atoms with Crippen molar-refractivity contribution < 1.29 is 19.1 Å². The monoisotopic (exact) mass is 407 g/mol. The lowest BCUT2D eigenvalue weighted by Crippen LogP contribution is -2.37. The van der Waals surface area contributed by atoms with Gasteiger partial charge in [-0.25, -0.2) is 0 Å². The predicted molar refractivity (Wildman–Crippen MR) is 115 cm³/mol. The van der Waals surface area contributed by atoms with Gasteiger partial charge in [0.25, 0.3) is 0 Å². The van der Waals surface area contributed by atoms with Gasteiger partial charge in [-0.1, -0.05) is 78.9 Å². The number of amides is 1. The molecule has 0 radical (unpaired) electrons. The fraction of sp³-hybridized carbons (Fsp3) is 0.400. The van der Waals surface area contributed by atoms with E-state index in [1.54, 1.807) is 24.3 Å². The highest BCUT2D eigenvalue weighted by Gasteiger charge is 2.27. The van der Waals surface area contributed by atoms with E-state index in [4.69, 9.17) is 4.74 Å². The molecule has 1 N–H and O–H groups in total. The highest BCUT2D eigenvalue weighted by molar-refractivity contribution is 6.01. The van der Waals surface area contributed by atoms with Crippen molar-refractivity contribution in [2.75, 3.05) is 6.54 Å². The van der Waals surface area contributed by atoms with E-state index in [2.05, 4.69) is 5.32 Å². The van der Waals surface area contributed by atoms with Crippen LogP contribution in [0.4, 0.5) is 0 Å². The third-order valence-corrected chi connectivity index (χ3v) is 5.59. The molecule has 1 saturated carbocycles. The van der Waals surface area contributed by atoms with Crippen molar-refractivity contribution in [2.45, 2.75) is 52.1 Å². The van der Waals surface area contributed by atoms with Crippen molar-refractivity contribution in [1.82, 2.24) is 5.32 Å². The molecule has 1 amide bonds. The summed E-state index contributed by atoms with van der Waals surface area (Å²) in [6.07, 6.45) is 3.92. The van der Waals surface area contributed by atoms with Crippen molar-refractivity contribution in [1.29, 1.82) is 0 Å². The molecule has 1 aliphatic rings. The molecule has 0 spiro atoms. The fourth-order valence-electron chi connectivity index (χ4n) is 3.72. The summed E-state index contributed by atoms with van der Waals surface area (Å²) in [5, 5.41) is 2.68. The van der Waals surface area contributed by atoms with Crippen molar-refractivity contribution in [3.63, 3.8) is 0 Å². The number of carbonyl (C=O) groups is 3. The molecule has 0 aromatic heterocycles. The molecule has 30 heavy (non-hydrogen) atoms. The minimum absolute atomic E-state index is 0.0337. The van der Waals surface area contributed by atoms with Gasteiger partial charge in [-0.3, -0.25) is 14.4 Å². The number of hydrogen-bond acceptors (Lipinski definition) is 4. The second-order valence-corrected chi connectivity index (χ2v) is 8.06. The molecular formula is C25H29NO4. The Bertz CT molecular complexity index is 880. The first kappa shape index (κ1) is 21.8.